The van der Waals surface area contributed by atoms with E-state index in [1.54, 1.807) is 14.0 Å². The first kappa shape index (κ1) is 12.4. The van der Waals surface area contributed by atoms with E-state index < -0.39 is 5.60 Å². The summed E-state index contributed by atoms with van der Waals surface area (Å²) in [5, 5.41) is 0. The summed E-state index contributed by atoms with van der Waals surface area (Å²) in [6.45, 7) is 5.84. The van der Waals surface area contributed by atoms with Gasteiger partial charge in [-0.15, -0.1) is 0 Å². The molecule has 1 unspecified atom stereocenters. The lowest BCUT2D eigenvalue weighted by molar-refractivity contribution is -0.145. The van der Waals surface area contributed by atoms with Crippen LogP contribution in [0, 0.1) is 0 Å². The number of carbonyl (C=O) groups is 1. The van der Waals surface area contributed by atoms with Crippen LogP contribution >= 0.6 is 0 Å². The molecule has 0 aromatic heterocycles. The number of carbonyl (C=O) groups excluding carboxylic acids is 1. The molecule has 78 valence electrons. The van der Waals surface area contributed by atoms with Gasteiger partial charge < -0.3 is 15.2 Å². The van der Waals surface area contributed by atoms with E-state index in [2.05, 4.69) is 0 Å². The van der Waals surface area contributed by atoms with Crippen LogP contribution in [-0.2, 0) is 14.3 Å². The predicted octanol–water partition coefficient (Wildman–Crippen LogP) is 0.692. The Bertz CT molecular complexity index is 168. The lowest BCUT2D eigenvalue weighted by Crippen LogP contribution is -2.46. The van der Waals surface area contributed by atoms with Gasteiger partial charge in [0.15, 0.2) is 0 Å². The second kappa shape index (κ2) is 5.19. The average Bonchev–Trinajstić information content (AvgIpc) is 2.04. The average molecular weight is 189 g/mol. The summed E-state index contributed by atoms with van der Waals surface area (Å²) in [7, 11) is 1.57. The first-order valence-electron chi connectivity index (χ1n) is 4.40. The van der Waals surface area contributed by atoms with Crippen LogP contribution in [0.1, 0.15) is 27.2 Å². The highest BCUT2D eigenvalue weighted by Crippen LogP contribution is 2.14. The zero-order chi connectivity index (χ0) is 10.5. The third-order valence-corrected chi connectivity index (χ3v) is 2.11. The molecule has 0 aromatic rings. The molecular formula is C9H19NO3. The first-order valence-corrected chi connectivity index (χ1v) is 4.40. The van der Waals surface area contributed by atoms with E-state index in [0.29, 0.717) is 6.61 Å². The van der Waals surface area contributed by atoms with Gasteiger partial charge in [0, 0.05) is 13.2 Å². The highest BCUT2D eigenvalue weighted by molar-refractivity contribution is 5.70. The van der Waals surface area contributed by atoms with Crippen molar-refractivity contribution in [3.63, 3.8) is 0 Å². The fourth-order valence-electron chi connectivity index (χ4n) is 0.797. The van der Waals surface area contributed by atoms with Gasteiger partial charge in [-0.25, -0.2) is 0 Å². The van der Waals surface area contributed by atoms with Crippen LogP contribution in [0.3, 0.4) is 0 Å². The predicted molar refractivity (Wildman–Crippen MR) is 50.3 cm³/mol. The fraction of sp³-hybridized carbons (Fsp3) is 0.889. The molecule has 0 fully saturated rings. The number of nitrogens with two attached hydrogens (primary N) is 1. The van der Waals surface area contributed by atoms with Gasteiger partial charge in [-0.05, 0) is 20.8 Å². The maximum atomic E-state index is 11.1. The van der Waals surface area contributed by atoms with Gasteiger partial charge in [0.2, 0.25) is 0 Å². The zero-order valence-electron chi connectivity index (χ0n) is 8.79. The summed E-state index contributed by atoms with van der Waals surface area (Å²) in [4.78, 5) is 11.1. The summed E-state index contributed by atoms with van der Waals surface area (Å²) in [6.07, 6.45) is 0.189. The minimum atomic E-state index is -0.493. The lowest BCUT2D eigenvalue weighted by atomic mass is 9.97. The normalized spacial score (nSPS) is 13.9. The van der Waals surface area contributed by atoms with Crippen molar-refractivity contribution < 1.29 is 14.3 Å². The Balaban J connectivity index is 3.99. The smallest absolute Gasteiger partial charge is 0.307 e. The number of hydrogen-bond acceptors (Lipinski definition) is 4. The number of hydrogen-bond donors (Lipinski definition) is 1. The molecule has 0 saturated carbocycles. The van der Waals surface area contributed by atoms with Crippen LogP contribution in [-0.4, -0.2) is 31.3 Å². The molecule has 0 aromatic carbocycles. The van der Waals surface area contributed by atoms with E-state index >= 15 is 0 Å². The van der Waals surface area contributed by atoms with Crippen molar-refractivity contribution in [1.29, 1.82) is 0 Å². The van der Waals surface area contributed by atoms with Crippen LogP contribution in [0.4, 0.5) is 0 Å². The minimum absolute atomic E-state index is 0.189. The van der Waals surface area contributed by atoms with E-state index in [9.17, 15) is 4.79 Å². The molecule has 0 aliphatic carbocycles. The van der Waals surface area contributed by atoms with Crippen molar-refractivity contribution in [3.8, 4) is 0 Å². The van der Waals surface area contributed by atoms with Gasteiger partial charge in [-0.2, -0.15) is 0 Å². The summed E-state index contributed by atoms with van der Waals surface area (Å²) in [5.41, 5.74) is 5.27. The molecule has 0 amide bonds. The molecule has 0 radical (unpaired) electrons. The van der Waals surface area contributed by atoms with Gasteiger partial charge in [-0.1, -0.05) is 0 Å². The fourth-order valence-corrected chi connectivity index (χ4v) is 0.797. The molecule has 0 spiro atoms. The first-order chi connectivity index (χ1) is 5.94. The Labute approximate surface area is 79.4 Å². The number of rotatable bonds is 5. The molecule has 4 nitrogen and oxygen atoms in total. The molecule has 0 heterocycles. The Morgan fingerprint density at radius 2 is 2.08 bits per heavy atom. The van der Waals surface area contributed by atoms with Gasteiger partial charge in [0.1, 0.15) is 0 Å². The molecule has 0 aliphatic rings. The van der Waals surface area contributed by atoms with Crippen LogP contribution in [0.5, 0.6) is 0 Å². The maximum Gasteiger partial charge on any atom is 0.307 e. The zero-order valence-corrected chi connectivity index (χ0v) is 8.79. The molecule has 0 bridgehead atoms. The summed E-state index contributed by atoms with van der Waals surface area (Å²) >= 11 is 0. The van der Waals surface area contributed by atoms with Gasteiger partial charge in [-0.3, -0.25) is 4.79 Å². The molecule has 13 heavy (non-hydrogen) atoms. The number of esters is 1. The summed E-state index contributed by atoms with van der Waals surface area (Å²) < 4.78 is 9.92. The third-order valence-electron chi connectivity index (χ3n) is 2.11. The van der Waals surface area contributed by atoms with Crippen LogP contribution in [0.2, 0.25) is 0 Å². The molecule has 4 heteroatoms. The van der Waals surface area contributed by atoms with Crippen LogP contribution < -0.4 is 5.73 Å². The second-order valence-corrected chi connectivity index (χ2v) is 3.42. The Hall–Kier alpha value is -0.610. The molecule has 0 aliphatic heterocycles. The molecule has 0 saturated heterocycles. The van der Waals surface area contributed by atoms with Crippen molar-refractivity contribution in [2.24, 2.45) is 5.73 Å². The Kier molecular flexibility index (Phi) is 4.95. The maximum absolute atomic E-state index is 11.1. The van der Waals surface area contributed by atoms with Crippen molar-refractivity contribution >= 4 is 5.97 Å². The summed E-state index contributed by atoms with van der Waals surface area (Å²) in [6, 6.07) is -0.337. The SMILES string of the molecule is CCOC(=O)CC(N)C(C)(C)OC. The van der Waals surface area contributed by atoms with Crippen molar-refractivity contribution in [2.75, 3.05) is 13.7 Å². The summed E-state index contributed by atoms with van der Waals surface area (Å²) in [5.74, 6) is -0.278. The minimum Gasteiger partial charge on any atom is -0.466 e. The van der Waals surface area contributed by atoms with Gasteiger partial charge >= 0.3 is 5.97 Å². The third kappa shape index (κ3) is 4.24. The number of methoxy groups -OCH3 is 1. The Morgan fingerprint density at radius 3 is 2.46 bits per heavy atom. The van der Waals surface area contributed by atoms with E-state index in [-0.39, 0.29) is 18.4 Å². The monoisotopic (exact) mass is 189 g/mol. The van der Waals surface area contributed by atoms with E-state index in [1.807, 2.05) is 13.8 Å². The quantitative estimate of drug-likeness (QED) is 0.646. The second-order valence-electron chi connectivity index (χ2n) is 3.42. The molecule has 2 N–H and O–H groups in total. The van der Waals surface area contributed by atoms with E-state index in [4.69, 9.17) is 15.2 Å². The van der Waals surface area contributed by atoms with E-state index in [1.165, 1.54) is 0 Å². The largest absolute Gasteiger partial charge is 0.466 e. The molecule has 1 atom stereocenters. The molecule has 0 rings (SSSR count). The van der Waals surface area contributed by atoms with Crippen LogP contribution in [0.15, 0.2) is 0 Å². The van der Waals surface area contributed by atoms with Crippen LogP contribution in [0.25, 0.3) is 0 Å². The lowest BCUT2D eigenvalue weighted by Gasteiger charge is -2.29. The van der Waals surface area contributed by atoms with E-state index in [0.717, 1.165) is 0 Å². The Morgan fingerprint density at radius 1 is 1.54 bits per heavy atom. The van der Waals surface area contributed by atoms with Gasteiger partial charge in [0.05, 0.1) is 18.6 Å². The van der Waals surface area contributed by atoms with Crippen molar-refractivity contribution in [1.82, 2.24) is 0 Å². The highest BCUT2D eigenvalue weighted by Gasteiger charge is 2.28. The topological polar surface area (TPSA) is 61.5 Å². The van der Waals surface area contributed by atoms with Crippen molar-refractivity contribution in [3.05, 3.63) is 0 Å². The molecular weight excluding hydrogens is 170 g/mol. The van der Waals surface area contributed by atoms with Gasteiger partial charge in [0.25, 0.3) is 0 Å². The van der Waals surface area contributed by atoms with Crippen molar-refractivity contribution in [2.45, 2.75) is 38.8 Å². The standard InChI is InChI=1S/C9H19NO3/c1-5-13-8(11)6-7(10)9(2,3)12-4/h7H,5-6,10H2,1-4H3. The number of ether oxygens (including phenoxy) is 2. The highest BCUT2D eigenvalue weighted by atomic mass is 16.5.